The van der Waals surface area contributed by atoms with E-state index in [0.29, 0.717) is 19.7 Å². The Kier molecular flexibility index (Phi) is 5.93. The van der Waals surface area contributed by atoms with Crippen molar-refractivity contribution in [2.24, 2.45) is 5.92 Å². The third kappa shape index (κ3) is 4.64. The highest BCUT2D eigenvalue weighted by Crippen LogP contribution is 2.26. The number of carbonyl (C=O) groups excluding carboxylic acids is 2. The van der Waals surface area contributed by atoms with Crippen molar-refractivity contribution in [1.82, 2.24) is 5.32 Å². The molecule has 1 fully saturated rings. The largest absolute Gasteiger partial charge is 0.492 e. The molecule has 26 heavy (non-hydrogen) atoms. The van der Waals surface area contributed by atoms with E-state index in [4.69, 9.17) is 4.74 Å². The highest BCUT2D eigenvalue weighted by molar-refractivity contribution is 9.10. The molecule has 5 nitrogen and oxygen atoms in total. The van der Waals surface area contributed by atoms with Crippen molar-refractivity contribution in [2.45, 2.75) is 13.3 Å². The third-order valence-electron chi connectivity index (χ3n) is 4.29. The molecule has 0 unspecified atom stereocenters. The summed E-state index contributed by atoms with van der Waals surface area (Å²) in [6, 6.07) is 15.3. The van der Waals surface area contributed by atoms with Crippen LogP contribution in [0.25, 0.3) is 0 Å². The van der Waals surface area contributed by atoms with Crippen LogP contribution in [-0.2, 0) is 9.59 Å². The number of rotatable bonds is 6. The molecule has 1 aliphatic rings. The minimum absolute atomic E-state index is 0.0246. The second kappa shape index (κ2) is 8.36. The number of halogens is 1. The van der Waals surface area contributed by atoms with E-state index in [1.165, 1.54) is 0 Å². The minimum Gasteiger partial charge on any atom is -0.492 e. The van der Waals surface area contributed by atoms with Crippen LogP contribution < -0.4 is 15.0 Å². The molecule has 2 aromatic carbocycles. The van der Waals surface area contributed by atoms with Gasteiger partial charge in [0.15, 0.2) is 0 Å². The van der Waals surface area contributed by atoms with E-state index in [1.54, 1.807) is 4.90 Å². The molecule has 2 aromatic rings. The molecule has 3 rings (SSSR count). The van der Waals surface area contributed by atoms with E-state index >= 15 is 0 Å². The molecule has 0 spiro atoms. The lowest BCUT2D eigenvalue weighted by Gasteiger charge is -2.17. The van der Waals surface area contributed by atoms with Gasteiger partial charge < -0.3 is 15.0 Å². The quantitative estimate of drug-likeness (QED) is 0.734. The van der Waals surface area contributed by atoms with Gasteiger partial charge in [-0.05, 0) is 48.9 Å². The molecule has 1 atom stereocenters. The number of carbonyl (C=O) groups is 2. The van der Waals surface area contributed by atoms with Crippen LogP contribution in [0.2, 0.25) is 0 Å². The Hall–Kier alpha value is -2.34. The van der Waals surface area contributed by atoms with Gasteiger partial charge in [0.2, 0.25) is 11.8 Å². The zero-order chi connectivity index (χ0) is 18.5. The number of amides is 2. The lowest BCUT2D eigenvalue weighted by atomic mass is 10.1. The summed E-state index contributed by atoms with van der Waals surface area (Å²) in [5.41, 5.74) is 1.94. The maximum Gasteiger partial charge on any atom is 0.227 e. The number of aryl methyl sites for hydroxylation is 1. The van der Waals surface area contributed by atoms with Gasteiger partial charge in [-0.1, -0.05) is 28.1 Å². The molecular weight excluding hydrogens is 396 g/mol. The number of hydrogen-bond donors (Lipinski definition) is 1. The number of hydrogen-bond acceptors (Lipinski definition) is 3. The highest BCUT2D eigenvalue weighted by Gasteiger charge is 2.34. The van der Waals surface area contributed by atoms with Gasteiger partial charge in [-0.15, -0.1) is 0 Å². The van der Waals surface area contributed by atoms with Crippen molar-refractivity contribution < 1.29 is 14.3 Å². The first-order valence-corrected chi connectivity index (χ1v) is 9.35. The zero-order valence-electron chi connectivity index (χ0n) is 14.6. The summed E-state index contributed by atoms with van der Waals surface area (Å²) < 4.78 is 6.58. The fourth-order valence-electron chi connectivity index (χ4n) is 2.95. The Morgan fingerprint density at radius 3 is 2.77 bits per heavy atom. The Balaban J connectivity index is 1.46. The van der Waals surface area contributed by atoms with Gasteiger partial charge in [-0.3, -0.25) is 9.59 Å². The monoisotopic (exact) mass is 416 g/mol. The lowest BCUT2D eigenvalue weighted by Crippen LogP contribution is -2.35. The molecular formula is C20H21BrN2O3. The van der Waals surface area contributed by atoms with Crippen LogP contribution in [0.3, 0.4) is 0 Å². The third-order valence-corrected chi connectivity index (χ3v) is 4.82. The zero-order valence-corrected chi connectivity index (χ0v) is 16.2. The van der Waals surface area contributed by atoms with Crippen molar-refractivity contribution >= 4 is 33.4 Å². The molecule has 0 aromatic heterocycles. The van der Waals surface area contributed by atoms with Gasteiger partial charge in [0.1, 0.15) is 12.4 Å². The fourth-order valence-corrected chi connectivity index (χ4v) is 3.21. The molecule has 1 saturated heterocycles. The number of nitrogens with zero attached hydrogens (tertiary/aromatic N) is 1. The summed E-state index contributed by atoms with van der Waals surface area (Å²) in [7, 11) is 0. The summed E-state index contributed by atoms with van der Waals surface area (Å²) in [6.07, 6.45) is 0.237. The van der Waals surface area contributed by atoms with E-state index < -0.39 is 0 Å². The molecule has 1 aliphatic heterocycles. The van der Waals surface area contributed by atoms with E-state index in [2.05, 4.69) is 21.2 Å². The van der Waals surface area contributed by atoms with Crippen molar-refractivity contribution in [3.63, 3.8) is 0 Å². The maximum absolute atomic E-state index is 12.3. The minimum atomic E-state index is -0.329. The Morgan fingerprint density at radius 2 is 2.04 bits per heavy atom. The molecule has 0 radical (unpaired) electrons. The van der Waals surface area contributed by atoms with Crippen molar-refractivity contribution in [3.05, 3.63) is 58.6 Å². The molecule has 6 heteroatoms. The number of nitrogens with one attached hydrogen (secondary N) is 1. The number of ether oxygens (including phenoxy) is 1. The summed E-state index contributed by atoms with van der Waals surface area (Å²) in [4.78, 5) is 26.2. The molecule has 1 N–H and O–H groups in total. The van der Waals surface area contributed by atoms with Gasteiger partial charge in [0.05, 0.1) is 12.5 Å². The van der Waals surface area contributed by atoms with Crippen LogP contribution >= 0.6 is 15.9 Å². The van der Waals surface area contributed by atoms with Crippen molar-refractivity contribution in [3.8, 4) is 5.75 Å². The van der Waals surface area contributed by atoms with Gasteiger partial charge in [-0.25, -0.2) is 0 Å². The SMILES string of the molecule is Cc1cccc(OCCNC(=O)[C@@H]2CC(=O)N(c3ccc(Br)cc3)C2)c1. The first-order valence-electron chi connectivity index (χ1n) is 8.56. The Bertz CT molecular complexity index is 792. The average Bonchev–Trinajstić information content (AvgIpc) is 3.01. The average molecular weight is 417 g/mol. The van der Waals surface area contributed by atoms with E-state index in [9.17, 15) is 9.59 Å². The molecule has 136 valence electrons. The predicted molar refractivity (Wildman–Crippen MR) is 104 cm³/mol. The summed E-state index contributed by atoms with van der Waals surface area (Å²) >= 11 is 3.38. The number of benzene rings is 2. The molecule has 2 amide bonds. The van der Waals surface area contributed by atoms with E-state index in [1.807, 2.05) is 55.5 Å². The van der Waals surface area contributed by atoms with Crippen molar-refractivity contribution in [1.29, 1.82) is 0 Å². The van der Waals surface area contributed by atoms with Crippen LogP contribution in [-0.4, -0.2) is 31.5 Å². The van der Waals surface area contributed by atoms with Crippen LogP contribution in [0.1, 0.15) is 12.0 Å². The van der Waals surface area contributed by atoms with Gasteiger partial charge in [0.25, 0.3) is 0 Å². The van der Waals surface area contributed by atoms with Crippen LogP contribution in [0.15, 0.2) is 53.0 Å². The fraction of sp³-hybridized carbons (Fsp3) is 0.300. The first kappa shape index (κ1) is 18.5. The molecule has 0 saturated carbocycles. The Morgan fingerprint density at radius 1 is 1.27 bits per heavy atom. The molecule has 0 aliphatic carbocycles. The van der Waals surface area contributed by atoms with Crippen LogP contribution in [0.4, 0.5) is 5.69 Å². The standard InChI is InChI=1S/C20H21BrN2O3/c1-14-3-2-4-18(11-14)26-10-9-22-20(25)15-12-19(24)23(13-15)17-7-5-16(21)6-8-17/h2-8,11,15H,9-10,12-13H2,1H3,(H,22,25)/t15-/m1/s1. The van der Waals surface area contributed by atoms with Crippen LogP contribution in [0, 0.1) is 12.8 Å². The summed E-state index contributed by atoms with van der Waals surface area (Å²) in [5, 5.41) is 2.86. The number of anilines is 1. The smallest absolute Gasteiger partial charge is 0.227 e. The first-order chi connectivity index (χ1) is 12.5. The summed E-state index contributed by atoms with van der Waals surface area (Å²) in [6.45, 7) is 3.22. The normalized spacial score (nSPS) is 16.6. The van der Waals surface area contributed by atoms with Gasteiger partial charge in [-0.2, -0.15) is 0 Å². The second-order valence-corrected chi connectivity index (χ2v) is 7.25. The van der Waals surface area contributed by atoms with Gasteiger partial charge >= 0.3 is 0 Å². The lowest BCUT2D eigenvalue weighted by molar-refractivity contribution is -0.126. The Labute approximate surface area is 161 Å². The summed E-state index contributed by atoms with van der Waals surface area (Å²) in [5.74, 6) is 0.330. The molecule has 1 heterocycles. The molecule has 0 bridgehead atoms. The second-order valence-electron chi connectivity index (χ2n) is 6.34. The predicted octanol–water partition coefficient (Wildman–Crippen LogP) is 3.31. The van der Waals surface area contributed by atoms with Crippen molar-refractivity contribution in [2.75, 3.05) is 24.6 Å². The highest BCUT2D eigenvalue weighted by atomic mass is 79.9. The topological polar surface area (TPSA) is 58.6 Å². The van der Waals surface area contributed by atoms with E-state index in [-0.39, 0.29) is 24.2 Å². The van der Waals surface area contributed by atoms with Crippen LogP contribution in [0.5, 0.6) is 5.75 Å². The maximum atomic E-state index is 12.3. The van der Waals surface area contributed by atoms with Gasteiger partial charge in [0, 0.05) is 23.1 Å². The van der Waals surface area contributed by atoms with E-state index in [0.717, 1.165) is 21.5 Å².